The summed E-state index contributed by atoms with van der Waals surface area (Å²) in [4.78, 5) is 29.3. The Hall–Kier alpha value is -2.63. The van der Waals surface area contributed by atoms with Gasteiger partial charge in [-0.3, -0.25) is 9.59 Å². The van der Waals surface area contributed by atoms with Crippen LogP contribution in [-0.2, 0) is 11.3 Å². The normalized spacial score (nSPS) is 10.7. The molecule has 0 spiro atoms. The number of hydrogen-bond acceptors (Lipinski definition) is 3. The van der Waals surface area contributed by atoms with Gasteiger partial charge >= 0.3 is 5.97 Å². The Morgan fingerprint density at radius 3 is 2.46 bits per heavy atom. The lowest BCUT2D eigenvalue weighted by Gasteiger charge is -2.21. The van der Waals surface area contributed by atoms with E-state index in [9.17, 15) is 9.59 Å². The van der Waals surface area contributed by atoms with Crippen LogP contribution in [0.4, 0.5) is 0 Å². The van der Waals surface area contributed by atoms with Crippen molar-refractivity contribution in [2.45, 2.75) is 6.54 Å². The second-order valence-electron chi connectivity index (χ2n) is 5.70. The number of aromatic nitrogens is 1. The summed E-state index contributed by atoms with van der Waals surface area (Å²) in [6, 6.07) is 14.1. The summed E-state index contributed by atoms with van der Waals surface area (Å²) >= 11 is 12.2. The summed E-state index contributed by atoms with van der Waals surface area (Å²) in [5, 5.41) is 11.0. The van der Waals surface area contributed by atoms with Crippen molar-refractivity contribution in [1.29, 1.82) is 0 Å². The first-order valence-electron chi connectivity index (χ1n) is 7.74. The molecule has 7 heteroatoms. The van der Waals surface area contributed by atoms with Gasteiger partial charge in [-0.1, -0.05) is 59.6 Å². The highest BCUT2D eigenvalue weighted by atomic mass is 35.5. The number of nitrogens with zero attached hydrogens (tertiary/aromatic N) is 2. The molecule has 0 atom stereocenters. The van der Waals surface area contributed by atoms with Crippen molar-refractivity contribution < 1.29 is 14.7 Å². The molecular weight excluding hydrogens is 375 g/mol. The molecule has 26 heavy (non-hydrogen) atoms. The zero-order chi connectivity index (χ0) is 18.7. The highest BCUT2D eigenvalue weighted by Gasteiger charge is 2.20. The second-order valence-corrected chi connectivity index (χ2v) is 6.46. The monoisotopic (exact) mass is 388 g/mol. The van der Waals surface area contributed by atoms with Crippen LogP contribution in [0.15, 0.2) is 54.7 Å². The number of fused-ring (bicyclic) bond motifs is 1. The van der Waals surface area contributed by atoms with Crippen molar-refractivity contribution in [3.8, 4) is 0 Å². The summed E-state index contributed by atoms with van der Waals surface area (Å²) in [5.41, 5.74) is 1.16. The van der Waals surface area contributed by atoms with Gasteiger partial charge in [0.2, 0.25) is 0 Å². The van der Waals surface area contributed by atoms with Crippen LogP contribution < -0.4 is 0 Å². The molecule has 132 valence electrons. The predicted molar refractivity (Wildman–Crippen MR) is 101 cm³/mol. The fraction of sp³-hybridized carbons (Fsp3) is 0.105. The Morgan fingerprint density at radius 2 is 1.77 bits per heavy atom. The van der Waals surface area contributed by atoms with Gasteiger partial charge in [0.1, 0.15) is 11.7 Å². The Labute approximate surface area is 159 Å². The minimum absolute atomic E-state index is 0.186. The molecule has 0 saturated heterocycles. The fourth-order valence-electron chi connectivity index (χ4n) is 2.66. The molecule has 3 aromatic rings. The minimum Gasteiger partial charge on any atom is -0.480 e. The van der Waals surface area contributed by atoms with Crippen LogP contribution in [0.5, 0.6) is 0 Å². The van der Waals surface area contributed by atoms with E-state index < -0.39 is 18.4 Å². The largest absolute Gasteiger partial charge is 0.480 e. The molecule has 2 aromatic carbocycles. The molecule has 0 bridgehead atoms. The van der Waals surface area contributed by atoms with Gasteiger partial charge in [0.25, 0.3) is 5.91 Å². The van der Waals surface area contributed by atoms with Gasteiger partial charge < -0.3 is 10.0 Å². The van der Waals surface area contributed by atoms with E-state index in [4.69, 9.17) is 28.3 Å². The number of carboxylic acids is 1. The molecule has 5 nitrogen and oxygen atoms in total. The van der Waals surface area contributed by atoms with E-state index in [1.807, 2.05) is 30.3 Å². The van der Waals surface area contributed by atoms with E-state index in [1.165, 1.54) is 11.1 Å². The number of hydrogen-bond donors (Lipinski definition) is 1. The number of carbonyl (C=O) groups is 2. The Bertz CT molecular complexity index is 977. The van der Waals surface area contributed by atoms with Gasteiger partial charge in [0, 0.05) is 29.1 Å². The lowest BCUT2D eigenvalue weighted by Crippen LogP contribution is -2.35. The van der Waals surface area contributed by atoms with E-state index in [0.717, 1.165) is 5.56 Å². The zero-order valence-electron chi connectivity index (χ0n) is 13.5. The lowest BCUT2D eigenvalue weighted by atomic mass is 10.1. The van der Waals surface area contributed by atoms with Gasteiger partial charge in [-0.25, -0.2) is 4.98 Å². The van der Waals surface area contributed by atoms with Gasteiger partial charge in [0.15, 0.2) is 0 Å². The lowest BCUT2D eigenvalue weighted by molar-refractivity contribution is -0.137. The first-order chi connectivity index (χ1) is 12.5. The number of aliphatic carboxylic acids is 1. The summed E-state index contributed by atoms with van der Waals surface area (Å²) in [5.74, 6) is -1.49. The van der Waals surface area contributed by atoms with Crippen molar-refractivity contribution in [1.82, 2.24) is 9.88 Å². The van der Waals surface area contributed by atoms with Crippen molar-refractivity contribution in [2.24, 2.45) is 0 Å². The number of rotatable bonds is 5. The van der Waals surface area contributed by atoms with Crippen LogP contribution in [0, 0.1) is 0 Å². The number of halogens is 2. The average Bonchev–Trinajstić information content (AvgIpc) is 2.64. The molecule has 0 aliphatic heterocycles. The molecule has 0 aliphatic rings. The van der Waals surface area contributed by atoms with Crippen LogP contribution in [-0.4, -0.2) is 33.4 Å². The van der Waals surface area contributed by atoms with Crippen LogP contribution in [0.3, 0.4) is 0 Å². The van der Waals surface area contributed by atoms with Gasteiger partial charge in [-0.05, 0) is 17.7 Å². The summed E-state index contributed by atoms with van der Waals surface area (Å²) in [7, 11) is 0. The fourth-order valence-corrected chi connectivity index (χ4v) is 3.08. The van der Waals surface area contributed by atoms with E-state index in [2.05, 4.69) is 4.98 Å². The van der Waals surface area contributed by atoms with Crippen molar-refractivity contribution in [2.75, 3.05) is 6.54 Å². The summed E-state index contributed by atoms with van der Waals surface area (Å²) in [6.45, 7) is -0.223. The summed E-state index contributed by atoms with van der Waals surface area (Å²) < 4.78 is 0. The molecule has 0 radical (unpaired) electrons. The highest BCUT2D eigenvalue weighted by Crippen LogP contribution is 2.29. The van der Waals surface area contributed by atoms with Crippen molar-refractivity contribution in [3.05, 3.63) is 76.0 Å². The number of amides is 1. The first-order valence-corrected chi connectivity index (χ1v) is 8.50. The smallest absolute Gasteiger partial charge is 0.323 e. The van der Waals surface area contributed by atoms with Gasteiger partial charge in [0.05, 0.1) is 5.02 Å². The number of carbonyl (C=O) groups excluding carboxylic acids is 1. The first kappa shape index (κ1) is 18.2. The maximum atomic E-state index is 12.9. The number of benzene rings is 2. The Balaban J connectivity index is 1.97. The molecule has 1 heterocycles. The van der Waals surface area contributed by atoms with Crippen LogP contribution in [0.25, 0.3) is 10.8 Å². The molecular formula is C19H14Cl2N2O3. The van der Waals surface area contributed by atoms with Crippen LogP contribution in [0.1, 0.15) is 15.9 Å². The molecule has 3 rings (SSSR count). The Morgan fingerprint density at radius 1 is 1.04 bits per heavy atom. The third-order valence-corrected chi connectivity index (χ3v) is 4.47. The third kappa shape index (κ3) is 3.95. The molecule has 0 unspecified atom stereocenters. The SMILES string of the molecule is O=C(O)CN(Cc1ccccc1)C(=O)c1ccc2c(Cl)cnc(Cl)c2c1. The second kappa shape index (κ2) is 7.72. The van der Waals surface area contributed by atoms with Crippen LogP contribution >= 0.6 is 23.2 Å². The standard InChI is InChI=1S/C19H14Cl2N2O3/c20-16-9-22-18(21)15-8-13(6-7-14(15)16)19(26)23(11-17(24)25)10-12-4-2-1-3-5-12/h1-9H,10-11H2,(H,24,25). The summed E-state index contributed by atoms with van der Waals surface area (Å²) in [6.07, 6.45) is 1.44. The van der Waals surface area contributed by atoms with Crippen LogP contribution in [0.2, 0.25) is 10.2 Å². The molecule has 0 aliphatic carbocycles. The highest BCUT2D eigenvalue weighted by molar-refractivity contribution is 6.39. The Kier molecular flexibility index (Phi) is 5.40. The maximum absolute atomic E-state index is 12.9. The zero-order valence-corrected chi connectivity index (χ0v) is 15.0. The molecule has 0 fully saturated rings. The number of carboxylic acid groups (broad SMARTS) is 1. The predicted octanol–water partition coefficient (Wildman–Crippen LogP) is 4.27. The van der Waals surface area contributed by atoms with E-state index >= 15 is 0 Å². The van der Waals surface area contributed by atoms with E-state index in [-0.39, 0.29) is 11.7 Å². The van der Waals surface area contributed by atoms with Gasteiger partial charge in [-0.15, -0.1) is 0 Å². The van der Waals surface area contributed by atoms with Crippen molar-refractivity contribution >= 4 is 45.9 Å². The topological polar surface area (TPSA) is 70.5 Å². The molecule has 1 N–H and O–H groups in total. The molecule has 1 aromatic heterocycles. The quantitative estimate of drug-likeness (QED) is 0.662. The minimum atomic E-state index is -1.09. The molecule has 0 saturated carbocycles. The third-order valence-electron chi connectivity index (χ3n) is 3.87. The maximum Gasteiger partial charge on any atom is 0.323 e. The van der Waals surface area contributed by atoms with E-state index in [0.29, 0.717) is 21.4 Å². The van der Waals surface area contributed by atoms with Crippen molar-refractivity contribution in [3.63, 3.8) is 0 Å². The van der Waals surface area contributed by atoms with Gasteiger partial charge in [-0.2, -0.15) is 0 Å². The average molecular weight is 389 g/mol. The number of pyridine rings is 1. The van der Waals surface area contributed by atoms with E-state index in [1.54, 1.807) is 18.2 Å². The molecule has 1 amide bonds.